The van der Waals surface area contributed by atoms with Crippen LogP contribution in [-0.4, -0.2) is 14.7 Å². The zero-order chi connectivity index (χ0) is 13.4. The molecule has 0 saturated carbocycles. The maximum absolute atomic E-state index is 13.8. The molecule has 19 heavy (non-hydrogen) atoms. The first-order chi connectivity index (χ1) is 9.15. The third-order valence-corrected chi connectivity index (χ3v) is 2.99. The topological polar surface area (TPSA) is 58.0 Å². The molecule has 0 saturated heterocycles. The number of aromatic hydroxyl groups is 1. The van der Waals surface area contributed by atoms with Gasteiger partial charge in [0.15, 0.2) is 0 Å². The van der Waals surface area contributed by atoms with Gasteiger partial charge in [-0.05, 0) is 29.8 Å². The number of halogens is 1. The fourth-order valence-corrected chi connectivity index (χ4v) is 2.16. The molecule has 3 aromatic rings. The molecule has 0 amide bonds. The summed E-state index contributed by atoms with van der Waals surface area (Å²) in [5.41, 5.74) is 1.07. The predicted molar refractivity (Wildman–Crippen MR) is 69.7 cm³/mol. The Morgan fingerprint density at radius 2 is 2.00 bits per heavy atom. The van der Waals surface area contributed by atoms with Crippen LogP contribution in [-0.2, 0) is 6.54 Å². The lowest BCUT2D eigenvalue weighted by atomic mass is 10.2. The first-order valence-electron chi connectivity index (χ1n) is 5.80. The van der Waals surface area contributed by atoms with E-state index in [9.17, 15) is 14.3 Å². The molecule has 3 rings (SSSR count). The van der Waals surface area contributed by atoms with E-state index in [1.165, 1.54) is 10.6 Å². The molecule has 1 aromatic heterocycles. The van der Waals surface area contributed by atoms with Crippen molar-refractivity contribution in [2.24, 2.45) is 0 Å². The van der Waals surface area contributed by atoms with Crippen molar-refractivity contribution in [1.29, 1.82) is 0 Å². The Bertz CT molecular complexity index is 805. The number of hydrogen-bond donors (Lipinski definition) is 2. The summed E-state index contributed by atoms with van der Waals surface area (Å²) in [6.07, 6.45) is 0. The molecule has 0 aliphatic rings. The highest BCUT2D eigenvalue weighted by atomic mass is 19.1. The highest BCUT2D eigenvalue weighted by Crippen LogP contribution is 2.17. The van der Waals surface area contributed by atoms with Gasteiger partial charge in [0.2, 0.25) is 0 Å². The summed E-state index contributed by atoms with van der Waals surface area (Å²) in [6, 6.07) is 11.1. The van der Waals surface area contributed by atoms with Gasteiger partial charge in [-0.1, -0.05) is 18.2 Å². The van der Waals surface area contributed by atoms with Gasteiger partial charge in [-0.15, -0.1) is 0 Å². The number of imidazole rings is 1. The van der Waals surface area contributed by atoms with E-state index in [4.69, 9.17) is 0 Å². The second kappa shape index (κ2) is 4.28. The molecule has 0 fully saturated rings. The lowest BCUT2D eigenvalue weighted by molar-refractivity contribution is 0.474. The number of hydrogen-bond acceptors (Lipinski definition) is 2. The highest BCUT2D eigenvalue weighted by molar-refractivity contribution is 5.75. The molecule has 1 heterocycles. The van der Waals surface area contributed by atoms with Crippen LogP contribution in [0.4, 0.5) is 4.39 Å². The van der Waals surface area contributed by atoms with Crippen LogP contribution in [0.5, 0.6) is 5.75 Å². The fourth-order valence-electron chi connectivity index (χ4n) is 2.16. The average Bonchev–Trinajstić information content (AvgIpc) is 2.67. The number of aromatic nitrogens is 2. The van der Waals surface area contributed by atoms with E-state index in [1.54, 1.807) is 36.4 Å². The molecule has 0 unspecified atom stereocenters. The van der Waals surface area contributed by atoms with Crippen LogP contribution < -0.4 is 5.69 Å². The summed E-state index contributed by atoms with van der Waals surface area (Å²) in [5.74, 6) is -0.332. The zero-order valence-corrected chi connectivity index (χ0v) is 9.93. The van der Waals surface area contributed by atoms with Gasteiger partial charge in [-0.2, -0.15) is 0 Å². The normalized spacial score (nSPS) is 11.0. The van der Waals surface area contributed by atoms with E-state index >= 15 is 0 Å². The Morgan fingerprint density at radius 1 is 1.21 bits per heavy atom. The number of nitrogens with zero attached hydrogens (tertiary/aromatic N) is 1. The molecule has 0 aliphatic carbocycles. The Hall–Kier alpha value is -2.56. The van der Waals surface area contributed by atoms with Gasteiger partial charge in [-0.3, -0.25) is 4.57 Å². The van der Waals surface area contributed by atoms with Crippen molar-refractivity contribution in [2.75, 3.05) is 0 Å². The predicted octanol–water partition coefficient (Wildman–Crippen LogP) is 2.22. The van der Waals surface area contributed by atoms with Gasteiger partial charge in [0.25, 0.3) is 0 Å². The van der Waals surface area contributed by atoms with E-state index in [2.05, 4.69) is 4.98 Å². The van der Waals surface area contributed by atoms with Crippen LogP contribution in [0.2, 0.25) is 0 Å². The van der Waals surface area contributed by atoms with Crippen molar-refractivity contribution < 1.29 is 9.50 Å². The van der Waals surface area contributed by atoms with Crippen LogP contribution in [0.3, 0.4) is 0 Å². The molecule has 96 valence electrons. The standard InChI is InChI=1S/C14H11FN2O2/c15-11-5-2-6-12-13(11)17(14(19)16-12)8-9-3-1-4-10(18)7-9/h1-7,18H,8H2,(H,16,19). The number of nitrogens with one attached hydrogen (secondary N) is 1. The number of fused-ring (bicyclic) bond motifs is 1. The van der Waals surface area contributed by atoms with Crippen molar-refractivity contribution in [3.05, 3.63) is 64.3 Å². The van der Waals surface area contributed by atoms with Crippen molar-refractivity contribution in [2.45, 2.75) is 6.54 Å². The van der Waals surface area contributed by atoms with Crippen LogP contribution >= 0.6 is 0 Å². The summed E-state index contributed by atoms with van der Waals surface area (Å²) in [4.78, 5) is 14.5. The summed E-state index contributed by atoms with van der Waals surface area (Å²) >= 11 is 0. The van der Waals surface area contributed by atoms with Crippen LogP contribution in [0, 0.1) is 5.82 Å². The summed E-state index contributed by atoms with van der Waals surface area (Å²) in [7, 11) is 0. The van der Waals surface area contributed by atoms with E-state index in [1.807, 2.05) is 0 Å². The van der Waals surface area contributed by atoms with Crippen molar-refractivity contribution in [3.8, 4) is 5.75 Å². The number of phenolic OH excluding ortho intramolecular Hbond substituents is 1. The maximum atomic E-state index is 13.8. The monoisotopic (exact) mass is 258 g/mol. The highest BCUT2D eigenvalue weighted by Gasteiger charge is 2.11. The minimum absolute atomic E-state index is 0.117. The Labute approximate surface area is 107 Å². The number of rotatable bonds is 2. The summed E-state index contributed by atoms with van der Waals surface area (Å²) < 4.78 is 15.1. The molecule has 2 N–H and O–H groups in total. The SMILES string of the molecule is O=c1[nH]c2cccc(F)c2n1Cc1cccc(O)c1. The number of benzene rings is 2. The first kappa shape index (κ1) is 11.5. The maximum Gasteiger partial charge on any atom is 0.326 e. The largest absolute Gasteiger partial charge is 0.508 e. The van der Waals surface area contributed by atoms with Crippen molar-refractivity contribution in [3.63, 3.8) is 0 Å². The molecule has 4 nitrogen and oxygen atoms in total. The van der Waals surface area contributed by atoms with Gasteiger partial charge in [0, 0.05) is 0 Å². The van der Waals surface area contributed by atoms with Crippen LogP contribution in [0.25, 0.3) is 11.0 Å². The molecule has 0 aliphatic heterocycles. The Morgan fingerprint density at radius 3 is 2.79 bits per heavy atom. The Balaban J connectivity index is 2.15. The smallest absolute Gasteiger partial charge is 0.326 e. The van der Waals surface area contributed by atoms with Crippen molar-refractivity contribution >= 4 is 11.0 Å². The van der Waals surface area contributed by atoms with E-state index in [0.717, 1.165) is 5.56 Å². The Kier molecular flexibility index (Phi) is 2.59. The van der Waals surface area contributed by atoms with Gasteiger partial charge in [0.05, 0.1) is 12.1 Å². The molecule has 2 aromatic carbocycles. The van der Waals surface area contributed by atoms with E-state index in [-0.39, 0.29) is 23.5 Å². The fraction of sp³-hybridized carbons (Fsp3) is 0.0714. The molecular weight excluding hydrogens is 247 g/mol. The van der Waals surface area contributed by atoms with Crippen molar-refractivity contribution in [1.82, 2.24) is 9.55 Å². The second-order valence-corrected chi connectivity index (χ2v) is 4.32. The van der Waals surface area contributed by atoms with E-state index < -0.39 is 5.82 Å². The van der Waals surface area contributed by atoms with Gasteiger partial charge in [0.1, 0.15) is 17.1 Å². The number of aromatic amines is 1. The summed E-state index contributed by atoms with van der Waals surface area (Å²) in [5, 5.41) is 9.41. The number of para-hydroxylation sites is 1. The number of H-pyrrole nitrogens is 1. The zero-order valence-electron chi connectivity index (χ0n) is 9.93. The molecule has 0 bridgehead atoms. The van der Waals surface area contributed by atoms with E-state index in [0.29, 0.717) is 5.52 Å². The molecule has 0 atom stereocenters. The van der Waals surface area contributed by atoms with Gasteiger partial charge < -0.3 is 10.1 Å². The van der Waals surface area contributed by atoms with Crippen LogP contribution in [0.15, 0.2) is 47.3 Å². The lowest BCUT2D eigenvalue weighted by Crippen LogP contribution is -2.17. The molecule has 0 radical (unpaired) electrons. The minimum atomic E-state index is -0.448. The number of phenols is 1. The summed E-state index contributed by atoms with van der Waals surface area (Å²) in [6.45, 7) is 0.203. The van der Waals surface area contributed by atoms with Gasteiger partial charge in [-0.25, -0.2) is 9.18 Å². The third-order valence-electron chi connectivity index (χ3n) is 2.99. The van der Waals surface area contributed by atoms with Crippen LogP contribution in [0.1, 0.15) is 5.56 Å². The molecular formula is C14H11FN2O2. The quantitative estimate of drug-likeness (QED) is 0.740. The molecule has 0 spiro atoms. The average molecular weight is 258 g/mol. The second-order valence-electron chi connectivity index (χ2n) is 4.32. The lowest BCUT2D eigenvalue weighted by Gasteiger charge is -2.04. The minimum Gasteiger partial charge on any atom is -0.508 e. The molecule has 5 heteroatoms. The van der Waals surface area contributed by atoms with Gasteiger partial charge >= 0.3 is 5.69 Å². The first-order valence-corrected chi connectivity index (χ1v) is 5.80. The third kappa shape index (κ3) is 1.99.